The maximum Gasteiger partial charge on any atom is 0.435 e. The molecule has 1 aromatic heterocycles. The quantitative estimate of drug-likeness (QED) is 0.391. The molecule has 0 bridgehead atoms. The standard InChI is InChI=1S/C10H15N5O7S/c1-13(2)10(16)21-6-8-7(5-11-22-23(4,19)20)12-9(14(8)3)15(17)18/h5H,6H2,1-4H3/b11-5+. The molecule has 0 unspecified atom stereocenters. The van der Waals surface area contributed by atoms with Gasteiger partial charge in [-0.25, -0.2) is 9.36 Å². The van der Waals surface area contributed by atoms with Crippen molar-refractivity contribution < 1.29 is 27.2 Å². The molecule has 13 heteroatoms. The van der Waals surface area contributed by atoms with Crippen molar-refractivity contribution in [2.24, 2.45) is 12.2 Å². The van der Waals surface area contributed by atoms with Crippen molar-refractivity contribution in [1.82, 2.24) is 14.5 Å². The normalized spacial score (nSPS) is 11.5. The van der Waals surface area contributed by atoms with Gasteiger partial charge in [0.1, 0.15) is 6.21 Å². The molecule has 0 saturated carbocycles. The summed E-state index contributed by atoms with van der Waals surface area (Å²) in [5.74, 6) is -0.526. The zero-order valence-corrected chi connectivity index (χ0v) is 13.6. The van der Waals surface area contributed by atoms with Gasteiger partial charge in [0.25, 0.3) is 0 Å². The zero-order valence-electron chi connectivity index (χ0n) is 12.8. The molecule has 1 heterocycles. The molecule has 0 spiro atoms. The fourth-order valence-electron chi connectivity index (χ4n) is 1.39. The van der Waals surface area contributed by atoms with Crippen LogP contribution in [0.5, 0.6) is 0 Å². The van der Waals surface area contributed by atoms with Gasteiger partial charge < -0.3 is 19.8 Å². The SMILES string of the molecule is CN(C)C(=O)OCc1c(/C=N/OS(C)(=O)=O)nc([N+](=O)[O-])n1C. The summed E-state index contributed by atoms with van der Waals surface area (Å²) in [5, 5.41) is 14.1. The first kappa shape index (κ1) is 18.3. The Morgan fingerprint density at radius 2 is 2.13 bits per heavy atom. The topological polar surface area (TPSA) is 146 Å². The predicted octanol–water partition coefficient (Wildman–Crippen LogP) is -0.163. The Balaban J connectivity index is 3.10. The molecule has 0 atom stereocenters. The Bertz CT molecular complexity index is 737. The maximum absolute atomic E-state index is 11.4. The van der Waals surface area contributed by atoms with E-state index in [-0.39, 0.29) is 18.0 Å². The lowest BCUT2D eigenvalue weighted by Gasteiger charge is -2.10. The third-order valence-electron chi connectivity index (χ3n) is 2.44. The minimum Gasteiger partial charge on any atom is -0.441 e. The molecule has 0 saturated heterocycles. The molecule has 0 radical (unpaired) electrons. The van der Waals surface area contributed by atoms with Crippen LogP contribution in [0.15, 0.2) is 5.16 Å². The van der Waals surface area contributed by atoms with Crippen LogP contribution in [0, 0.1) is 10.1 Å². The fraction of sp³-hybridized carbons (Fsp3) is 0.500. The highest BCUT2D eigenvalue weighted by atomic mass is 32.2. The van der Waals surface area contributed by atoms with Crippen LogP contribution < -0.4 is 0 Å². The molecule has 128 valence electrons. The van der Waals surface area contributed by atoms with Gasteiger partial charge in [0.05, 0.1) is 13.3 Å². The molecule has 0 aliphatic rings. The second kappa shape index (κ2) is 7.04. The Labute approximate surface area is 131 Å². The summed E-state index contributed by atoms with van der Waals surface area (Å²) in [6, 6.07) is 0. The lowest BCUT2D eigenvalue weighted by atomic mass is 10.3. The van der Waals surface area contributed by atoms with Crippen LogP contribution in [-0.4, -0.2) is 60.5 Å². The van der Waals surface area contributed by atoms with Crippen molar-refractivity contribution in [3.63, 3.8) is 0 Å². The summed E-state index contributed by atoms with van der Waals surface area (Å²) in [6.45, 7) is -0.325. The number of carbonyl (C=O) groups excluding carboxylic acids is 1. The van der Waals surface area contributed by atoms with E-state index >= 15 is 0 Å². The summed E-state index contributed by atoms with van der Waals surface area (Å²) in [7, 11) is 0.461. The van der Waals surface area contributed by atoms with Gasteiger partial charge in [0, 0.05) is 14.1 Å². The highest BCUT2D eigenvalue weighted by Gasteiger charge is 2.25. The number of amides is 1. The summed E-state index contributed by atoms with van der Waals surface area (Å²) in [5.41, 5.74) is 0.0853. The monoisotopic (exact) mass is 349 g/mol. The van der Waals surface area contributed by atoms with Crippen molar-refractivity contribution in [1.29, 1.82) is 0 Å². The molecule has 1 aromatic rings. The second-order valence-corrected chi connectivity index (χ2v) is 6.08. The van der Waals surface area contributed by atoms with E-state index in [1.54, 1.807) is 0 Å². The van der Waals surface area contributed by atoms with Crippen LogP contribution >= 0.6 is 0 Å². The van der Waals surface area contributed by atoms with Gasteiger partial charge in [0.2, 0.25) is 5.69 Å². The second-order valence-electron chi connectivity index (χ2n) is 4.52. The van der Waals surface area contributed by atoms with Gasteiger partial charge in [-0.3, -0.25) is 4.28 Å². The lowest BCUT2D eigenvalue weighted by molar-refractivity contribution is -0.396. The minimum atomic E-state index is -3.82. The molecule has 0 fully saturated rings. The van der Waals surface area contributed by atoms with Crippen molar-refractivity contribution in [3.8, 4) is 0 Å². The molecule has 1 amide bonds. The number of oxime groups is 1. The van der Waals surface area contributed by atoms with E-state index in [0.29, 0.717) is 0 Å². The summed E-state index contributed by atoms with van der Waals surface area (Å²) >= 11 is 0. The van der Waals surface area contributed by atoms with Crippen molar-refractivity contribution in [2.75, 3.05) is 20.4 Å². The molecule has 23 heavy (non-hydrogen) atoms. The Hall–Kier alpha value is -2.70. The highest BCUT2D eigenvalue weighted by Crippen LogP contribution is 2.16. The number of aromatic nitrogens is 2. The maximum atomic E-state index is 11.4. The average Bonchev–Trinajstić information content (AvgIpc) is 2.71. The number of ether oxygens (including phenoxy) is 1. The van der Waals surface area contributed by atoms with Crippen LogP contribution in [0.25, 0.3) is 0 Å². The number of carbonyl (C=O) groups is 1. The van der Waals surface area contributed by atoms with Crippen LogP contribution in [0.3, 0.4) is 0 Å². The molecule has 12 nitrogen and oxygen atoms in total. The van der Waals surface area contributed by atoms with E-state index in [2.05, 4.69) is 14.4 Å². The van der Waals surface area contributed by atoms with E-state index in [1.165, 1.54) is 26.0 Å². The molecule has 0 aliphatic carbocycles. The Morgan fingerprint density at radius 1 is 1.52 bits per heavy atom. The van der Waals surface area contributed by atoms with Crippen LogP contribution in [0.2, 0.25) is 0 Å². The highest BCUT2D eigenvalue weighted by molar-refractivity contribution is 7.85. The van der Waals surface area contributed by atoms with Crippen molar-refractivity contribution in [2.45, 2.75) is 6.61 Å². The third-order valence-corrected chi connectivity index (χ3v) is 2.79. The van der Waals surface area contributed by atoms with E-state index in [0.717, 1.165) is 17.0 Å². The number of nitro groups is 1. The van der Waals surface area contributed by atoms with Gasteiger partial charge in [-0.2, -0.15) is 8.42 Å². The molecule has 1 rings (SSSR count). The van der Waals surface area contributed by atoms with Crippen LogP contribution in [0.4, 0.5) is 10.7 Å². The van der Waals surface area contributed by atoms with Gasteiger partial charge in [-0.1, -0.05) is 10.1 Å². The van der Waals surface area contributed by atoms with Crippen LogP contribution in [-0.2, 0) is 32.8 Å². The number of hydrogen-bond donors (Lipinski definition) is 0. The van der Waals surface area contributed by atoms with Gasteiger partial charge in [0.15, 0.2) is 12.3 Å². The molecular weight excluding hydrogens is 334 g/mol. The summed E-state index contributed by atoms with van der Waals surface area (Å²) in [6.07, 6.45) is 1.00. The van der Waals surface area contributed by atoms with Crippen molar-refractivity contribution in [3.05, 3.63) is 21.5 Å². The van der Waals surface area contributed by atoms with Crippen LogP contribution in [0.1, 0.15) is 11.4 Å². The fourth-order valence-corrected chi connectivity index (χ4v) is 1.59. The van der Waals surface area contributed by atoms with E-state index in [4.69, 9.17) is 4.74 Å². The lowest BCUT2D eigenvalue weighted by Crippen LogP contribution is -2.23. The Morgan fingerprint density at radius 3 is 2.61 bits per heavy atom. The Kier molecular flexibility index (Phi) is 5.62. The first-order valence-electron chi connectivity index (χ1n) is 5.99. The van der Waals surface area contributed by atoms with Crippen molar-refractivity contribution >= 4 is 28.4 Å². The largest absolute Gasteiger partial charge is 0.441 e. The number of nitrogens with zero attached hydrogens (tertiary/aromatic N) is 5. The van der Waals surface area contributed by atoms with Gasteiger partial charge >= 0.3 is 22.2 Å². The first-order valence-corrected chi connectivity index (χ1v) is 7.80. The first-order chi connectivity index (χ1) is 10.5. The van der Waals surface area contributed by atoms with E-state index < -0.39 is 27.1 Å². The predicted molar refractivity (Wildman–Crippen MR) is 77.3 cm³/mol. The molecule has 0 aliphatic heterocycles. The third kappa shape index (κ3) is 5.21. The average molecular weight is 349 g/mol. The van der Waals surface area contributed by atoms with E-state index in [9.17, 15) is 23.3 Å². The molecule has 0 N–H and O–H groups in total. The molecule has 0 aromatic carbocycles. The molecular formula is C10H15N5O7S. The number of hydrogen-bond acceptors (Lipinski definition) is 9. The minimum absolute atomic E-state index is 0.0607. The van der Waals surface area contributed by atoms with Gasteiger partial charge in [-0.15, -0.1) is 0 Å². The number of imidazole rings is 1. The smallest absolute Gasteiger partial charge is 0.435 e. The number of rotatable bonds is 6. The summed E-state index contributed by atoms with van der Waals surface area (Å²) < 4.78 is 31.9. The zero-order chi connectivity index (χ0) is 17.8. The van der Waals surface area contributed by atoms with E-state index in [1.807, 2.05) is 0 Å². The van der Waals surface area contributed by atoms with Gasteiger partial charge in [-0.05, 0) is 4.92 Å². The summed E-state index contributed by atoms with van der Waals surface area (Å²) in [4.78, 5) is 26.4.